The summed E-state index contributed by atoms with van der Waals surface area (Å²) in [6.07, 6.45) is 7.35. The van der Waals surface area contributed by atoms with Crippen LogP contribution in [0.15, 0.2) is 77.9 Å². The number of piperazine rings is 1. The number of anilines is 3. The number of likely N-dealkylation sites (tertiary alicyclic amines) is 1. The van der Waals surface area contributed by atoms with Crippen molar-refractivity contribution in [2.45, 2.75) is 69.1 Å². The van der Waals surface area contributed by atoms with Crippen molar-refractivity contribution in [3.05, 3.63) is 95.0 Å². The van der Waals surface area contributed by atoms with E-state index < -0.39 is 11.5 Å². The third-order valence-electron chi connectivity index (χ3n) is 12.1. The van der Waals surface area contributed by atoms with Gasteiger partial charge in [0.15, 0.2) is 5.82 Å². The number of hydrogen-bond acceptors (Lipinski definition) is 10. The van der Waals surface area contributed by atoms with Crippen molar-refractivity contribution in [2.75, 3.05) is 67.9 Å². The molecule has 0 spiro atoms. The van der Waals surface area contributed by atoms with Gasteiger partial charge in [0.05, 0.1) is 11.9 Å². The molecule has 0 radical (unpaired) electrons. The second kappa shape index (κ2) is 19.1. The van der Waals surface area contributed by atoms with Crippen molar-refractivity contribution in [3.8, 4) is 16.9 Å². The normalized spacial score (nSPS) is 21.9. The molecular formula is C44H58F3N9O4. The summed E-state index contributed by atoms with van der Waals surface area (Å²) in [5.74, 6) is -0.586. The van der Waals surface area contributed by atoms with Gasteiger partial charge < -0.3 is 30.5 Å². The van der Waals surface area contributed by atoms with Crippen LogP contribution in [0.3, 0.4) is 0 Å². The van der Waals surface area contributed by atoms with Gasteiger partial charge in [0.2, 0.25) is 17.8 Å². The van der Waals surface area contributed by atoms with Crippen LogP contribution in [-0.4, -0.2) is 113 Å². The number of aromatic nitrogens is 3. The molecule has 13 nitrogen and oxygen atoms in total. The van der Waals surface area contributed by atoms with E-state index in [0.29, 0.717) is 119 Å². The van der Waals surface area contributed by atoms with E-state index in [4.69, 9.17) is 4.79 Å². The van der Waals surface area contributed by atoms with E-state index in [1.807, 2.05) is 22.7 Å². The number of nitrogens with one attached hydrogen (secondary N) is 3. The van der Waals surface area contributed by atoms with E-state index in [0.717, 1.165) is 19.0 Å². The number of carbonyl (C=O) groups is 3. The summed E-state index contributed by atoms with van der Waals surface area (Å²) >= 11 is 0. The van der Waals surface area contributed by atoms with Crippen molar-refractivity contribution >= 4 is 35.9 Å². The van der Waals surface area contributed by atoms with Gasteiger partial charge in [-0.25, -0.2) is 23.1 Å². The molecule has 16 heteroatoms. The molecule has 4 aromatic rings. The molecule has 1 saturated carbocycles. The van der Waals surface area contributed by atoms with Crippen LogP contribution in [0.25, 0.3) is 16.9 Å². The molecule has 4 aliphatic rings. The molecule has 4 fully saturated rings. The summed E-state index contributed by atoms with van der Waals surface area (Å²) in [5, 5.41) is 9.48. The predicted molar refractivity (Wildman–Crippen MR) is 230 cm³/mol. The maximum absolute atomic E-state index is 16.2. The van der Waals surface area contributed by atoms with Gasteiger partial charge >= 0.3 is 0 Å². The molecule has 3 N–H and O–H groups in total. The average molecular weight is 834 g/mol. The van der Waals surface area contributed by atoms with Crippen LogP contribution in [0.4, 0.5) is 30.5 Å². The number of amides is 2. The van der Waals surface area contributed by atoms with Gasteiger partial charge in [0.25, 0.3) is 5.56 Å². The zero-order valence-electron chi connectivity index (χ0n) is 33.6. The summed E-state index contributed by atoms with van der Waals surface area (Å²) in [4.78, 5) is 60.0. The largest absolute Gasteiger partial charge is 0.380 e. The minimum Gasteiger partial charge on any atom is -0.380 e. The van der Waals surface area contributed by atoms with Gasteiger partial charge in [-0.3, -0.25) is 23.9 Å². The van der Waals surface area contributed by atoms with E-state index in [9.17, 15) is 18.8 Å². The molecule has 1 unspecified atom stereocenters. The summed E-state index contributed by atoms with van der Waals surface area (Å²) in [6.45, 7) is 6.04. The zero-order chi connectivity index (χ0) is 42.2. The Labute approximate surface area is 351 Å². The SMILES string of the molecule is C=O.O=C1CCC(Nc2ccc(N3CCN(CC4(F)CCN(C(=O)C5CCC(Nc6ncc(F)c(-c7cccc(-n8ccccc8=O)c7)n6)CC5)CC4)CC3)c(F)c2)CN1.[HH].[HH].[HH]. The molecule has 2 aromatic heterocycles. The Morgan fingerprint density at radius 3 is 2.33 bits per heavy atom. The lowest BCUT2D eigenvalue weighted by atomic mass is 9.84. The van der Waals surface area contributed by atoms with Crippen LogP contribution >= 0.6 is 0 Å². The number of piperidine rings is 2. The smallest absolute Gasteiger partial charge is 0.255 e. The molecule has 2 amide bonds. The minimum absolute atomic E-state index is 0. The van der Waals surface area contributed by atoms with Crippen LogP contribution in [-0.2, 0) is 14.4 Å². The average Bonchev–Trinajstić information content (AvgIpc) is 3.27. The molecule has 8 rings (SSSR count). The molecular weight excluding hydrogens is 776 g/mol. The fraction of sp³-hybridized carbons (Fsp3) is 0.455. The summed E-state index contributed by atoms with van der Waals surface area (Å²) in [5.41, 5.74) is 0.885. The molecule has 1 aliphatic carbocycles. The van der Waals surface area contributed by atoms with Gasteiger partial charge in [-0.05, 0) is 68.5 Å². The topological polar surface area (TPSA) is 145 Å². The highest BCUT2D eigenvalue weighted by atomic mass is 19.1. The molecule has 0 bridgehead atoms. The van der Waals surface area contributed by atoms with Gasteiger partial charge in [-0.15, -0.1) is 0 Å². The highest BCUT2D eigenvalue weighted by Crippen LogP contribution is 2.33. The van der Waals surface area contributed by atoms with E-state index >= 15 is 8.78 Å². The predicted octanol–water partition coefficient (Wildman–Crippen LogP) is 5.94. The zero-order valence-corrected chi connectivity index (χ0v) is 33.6. The lowest BCUT2D eigenvalue weighted by Crippen LogP contribution is -2.54. The van der Waals surface area contributed by atoms with Gasteiger partial charge in [-0.2, -0.15) is 0 Å². The highest BCUT2D eigenvalue weighted by molar-refractivity contribution is 5.79. The number of nitrogens with zero attached hydrogens (tertiary/aromatic N) is 6. The minimum atomic E-state index is -1.38. The Hall–Kier alpha value is -5.77. The molecule has 60 heavy (non-hydrogen) atoms. The lowest BCUT2D eigenvalue weighted by Gasteiger charge is -2.43. The van der Waals surface area contributed by atoms with E-state index in [2.05, 4.69) is 30.8 Å². The first-order valence-electron chi connectivity index (χ1n) is 20.7. The quantitative estimate of drug-likeness (QED) is 0.176. The number of carbonyl (C=O) groups excluding carboxylic acids is 3. The van der Waals surface area contributed by atoms with Gasteiger partial charge in [0, 0.05) is 123 Å². The number of halogens is 3. The first-order chi connectivity index (χ1) is 29.1. The van der Waals surface area contributed by atoms with Gasteiger partial charge in [-0.1, -0.05) is 18.2 Å². The molecule has 2 aromatic carbocycles. The third kappa shape index (κ3) is 10.1. The molecule has 3 saturated heterocycles. The summed E-state index contributed by atoms with van der Waals surface area (Å²) in [6, 6.07) is 17.1. The van der Waals surface area contributed by atoms with Crippen molar-refractivity contribution < 1.29 is 31.8 Å². The molecule has 1 atom stereocenters. The fourth-order valence-corrected chi connectivity index (χ4v) is 8.79. The third-order valence-corrected chi connectivity index (χ3v) is 12.1. The standard InChI is InChI=1S/C43H50F3N9O3.CH2O.3H2/c44-35-25-32(49-33-12-14-38(56)47-26-33)11-13-37(35)53-22-20-52(21-23-53)28-43(46)15-18-54(19-16-43)41(58)29-7-9-31(10-8-29)50-42-48-27-36(45)40(51-42)30-4-3-5-34(24-30)55-17-2-1-6-39(55)57;1-2;;;/h1-6,11,13,17,24-25,27,29,31,33,49H,7-10,12,14-16,18-23,26,28H2,(H,47,56)(H,48,50,51);1H2;3*1H. The van der Waals surface area contributed by atoms with E-state index in [1.54, 1.807) is 48.7 Å². The molecule has 3 aliphatic heterocycles. The van der Waals surface area contributed by atoms with Crippen molar-refractivity contribution in [1.82, 2.24) is 29.7 Å². The number of pyridine rings is 1. The lowest BCUT2D eigenvalue weighted by molar-refractivity contribution is -0.139. The number of hydrogen-bond donors (Lipinski definition) is 3. The van der Waals surface area contributed by atoms with Crippen LogP contribution in [0.5, 0.6) is 0 Å². The Morgan fingerprint density at radius 1 is 0.867 bits per heavy atom. The highest BCUT2D eigenvalue weighted by Gasteiger charge is 2.40. The summed E-state index contributed by atoms with van der Waals surface area (Å²) in [7, 11) is 0. The van der Waals surface area contributed by atoms with Gasteiger partial charge in [0.1, 0.15) is 24.0 Å². The number of alkyl halides is 1. The second-order valence-electron chi connectivity index (χ2n) is 16.1. The van der Waals surface area contributed by atoms with Crippen LogP contribution < -0.4 is 26.4 Å². The summed E-state index contributed by atoms with van der Waals surface area (Å²) < 4.78 is 47.8. The van der Waals surface area contributed by atoms with Crippen molar-refractivity contribution in [1.29, 1.82) is 0 Å². The van der Waals surface area contributed by atoms with Crippen molar-refractivity contribution in [3.63, 3.8) is 0 Å². The Morgan fingerprint density at radius 2 is 1.63 bits per heavy atom. The number of rotatable bonds is 10. The maximum atomic E-state index is 16.2. The van der Waals surface area contributed by atoms with Crippen LogP contribution in [0.2, 0.25) is 0 Å². The van der Waals surface area contributed by atoms with E-state index in [-0.39, 0.29) is 51.2 Å². The first-order valence-corrected chi connectivity index (χ1v) is 20.7. The Balaban J connectivity index is 0.00000172. The van der Waals surface area contributed by atoms with Crippen LogP contribution in [0, 0.1) is 17.6 Å². The number of benzene rings is 2. The Bertz CT molecular complexity index is 2190. The molecule has 324 valence electrons. The monoisotopic (exact) mass is 833 g/mol. The second-order valence-corrected chi connectivity index (χ2v) is 16.1. The maximum Gasteiger partial charge on any atom is 0.255 e. The van der Waals surface area contributed by atoms with Crippen LogP contribution in [0.1, 0.15) is 55.6 Å². The first kappa shape index (κ1) is 42.4. The fourth-order valence-electron chi connectivity index (χ4n) is 8.79. The van der Waals surface area contributed by atoms with E-state index in [1.165, 1.54) is 16.7 Å². The van der Waals surface area contributed by atoms with Crippen molar-refractivity contribution in [2.24, 2.45) is 5.92 Å². The Kier molecular flexibility index (Phi) is 13.5. The molecule has 5 heterocycles.